The standard InChI is InChI=1S/C29H30N2O5/c1-3-5-18-35-23-17-16-20(19-24(23)34-4-2)26-25-27(36-31(26)22-14-10-7-11-15-22)29(33)30(28(25)32)21-12-8-6-9-13-21/h6-17,19,25-27H,3-5,18H2,1-2H3/t25-,26-,27+/m1/s1. The second-order valence-corrected chi connectivity index (χ2v) is 8.85. The molecule has 2 fully saturated rings. The number of hydrogen-bond acceptors (Lipinski definition) is 6. The van der Waals surface area contributed by atoms with Crippen LogP contribution in [0.3, 0.4) is 0 Å². The summed E-state index contributed by atoms with van der Waals surface area (Å²) in [6.07, 6.45) is 1.06. The molecule has 0 radical (unpaired) electrons. The zero-order valence-electron chi connectivity index (χ0n) is 20.5. The molecule has 3 aromatic carbocycles. The molecule has 0 N–H and O–H groups in total. The van der Waals surface area contributed by atoms with Crippen LogP contribution in [0, 0.1) is 5.92 Å². The molecule has 186 valence electrons. The average Bonchev–Trinajstić information content (AvgIpc) is 3.42. The molecule has 2 heterocycles. The Hall–Kier alpha value is -3.84. The van der Waals surface area contributed by atoms with Crippen molar-refractivity contribution in [2.24, 2.45) is 5.92 Å². The molecule has 3 aromatic rings. The van der Waals surface area contributed by atoms with E-state index in [0.29, 0.717) is 30.4 Å². The lowest BCUT2D eigenvalue weighted by atomic mass is 9.90. The van der Waals surface area contributed by atoms with E-state index in [9.17, 15) is 9.59 Å². The van der Waals surface area contributed by atoms with Crippen molar-refractivity contribution in [3.63, 3.8) is 0 Å². The van der Waals surface area contributed by atoms with Gasteiger partial charge in [-0.3, -0.25) is 14.4 Å². The van der Waals surface area contributed by atoms with Crippen LogP contribution in [0.15, 0.2) is 78.9 Å². The third kappa shape index (κ3) is 4.31. The molecule has 2 amide bonds. The number of amides is 2. The van der Waals surface area contributed by atoms with E-state index in [1.165, 1.54) is 4.90 Å². The number of anilines is 2. The Morgan fingerprint density at radius 3 is 2.17 bits per heavy atom. The molecule has 2 saturated heterocycles. The Morgan fingerprint density at radius 2 is 1.50 bits per heavy atom. The van der Waals surface area contributed by atoms with Crippen molar-refractivity contribution in [3.05, 3.63) is 84.4 Å². The molecular weight excluding hydrogens is 456 g/mol. The van der Waals surface area contributed by atoms with E-state index in [4.69, 9.17) is 14.3 Å². The number of carbonyl (C=O) groups excluding carboxylic acids is 2. The molecule has 0 bridgehead atoms. The number of fused-ring (bicyclic) bond motifs is 1. The van der Waals surface area contributed by atoms with Crippen molar-refractivity contribution in [2.45, 2.75) is 38.8 Å². The lowest BCUT2D eigenvalue weighted by Crippen LogP contribution is -2.37. The molecule has 0 aromatic heterocycles. The highest BCUT2D eigenvalue weighted by molar-refractivity contribution is 6.23. The predicted molar refractivity (Wildman–Crippen MR) is 137 cm³/mol. The van der Waals surface area contributed by atoms with Crippen LogP contribution in [0.2, 0.25) is 0 Å². The summed E-state index contributed by atoms with van der Waals surface area (Å²) in [5.41, 5.74) is 2.13. The van der Waals surface area contributed by atoms with Gasteiger partial charge in [0.25, 0.3) is 5.91 Å². The molecule has 2 aliphatic rings. The second kappa shape index (κ2) is 10.4. The Balaban J connectivity index is 1.55. The van der Waals surface area contributed by atoms with E-state index in [1.54, 1.807) is 17.2 Å². The van der Waals surface area contributed by atoms with Crippen molar-refractivity contribution in [1.82, 2.24) is 0 Å². The number of benzene rings is 3. The van der Waals surface area contributed by atoms with Crippen LogP contribution in [0.25, 0.3) is 0 Å². The number of hydroxylamine groups is 1. The molecular formula is C29H30N2O5. The first-order chi connectivity index (χ1) is 17.6. The lowest BCUT2D eigenvalue weighted by molar-refractivity contribution is -0.126. The van der Waals surface area contributed by atoms with Crippen LogP contribution in [0.5, 0.6) is 11.5 Å². The van der Waals surface area contributed by atoms with E-state index >= 15 is 0 Å². The Bertz CT molecular complexity index is 1220. The van der Waals surface area contributed by atoms with Crippen LogP contribution in [0.4, 0.5) is 11.4 Å². The summed E-state index contributed by atoms with van der Waals surface area (Å²) in [7, 11) is 0. The maximum absolute atomic E-state index is 13.8. The van der Waals surface area contributed by atoms with Crippen molar-refractivity contribution >= 4 is 23.2 Å². The fourth-order valence-corrected chi connectivity index (χ4v) is 4.81. The number of para-hydroxylation sites is 2. The maximum atomic E-state index is 13.8. The van der Waals surface area contributed by atoms with Gasteiger partial charge in [-0.25, -0.2) is 9.96 Å². The average molecular weight is 487 g/mol. The lowest BCUT2D eigenvalue weighted by Gasteiger charge is -2.29. The van der Waals surface area contributed by atoms with Gasteiger partial charge in [0.1, 0.15) is 5.92 Å². The minimum absolute atomic E-state index is 0.277. The van der Waals surface area contributed by atoms with E-state index < -0.39 is 18.1 Å². The highest BCUT2D eigenvalue weighted by Crippen LogP contribution is 2.48. The normalized spacial score (nSPS) is 21.1. The predicted octanol–water partition coefficient (Wildman–Crippen LogP) is 5.32. The molecule has 36 heavy (non-hydrogen) atoms. The highest BCUT2D eigenvalue weighted by atomic mass is 16.7. The summed E-state index contributed by atoms with van der Waals surface area (Å²) < 4.78 is 11.9. The van der Waals surface area contributed by atoms with E-state index in [0.717, 1.165) is 24.1 Å². The van der Waals surface area contributed by atoms with Gasteiger partial charge in [-0.1, -0.05) is 55.8 Å². The summed E-state index contributed by atoms with van der Waals surface area (Å²) >= 11 is 0. The number of imide groups is 1. The molecule has 7 heteroatoms. The van der Waals surface area contributed by atoms with Crippen LogP contribution < -0.4 is 19.4 Å². The molecule has 0 saturated carbocycles. The zero-order chi connectivity index (χ0) is 25.1. The van der Waals surface area contributed by atoms with Crippen LogP contribution >= 0.6 is 0 Å². The first-order valence-corrected chi connectivity index (χ1v) is 12.5. The molecule has 5 rings (SSSR count). The van der Waals surface area contributed by atoms with Crippen LogP contribution in [0.1, 0.15) is 38.3 Å². The highest BCUT2D eigenvalue weighted by Gasteiger charge is 2.60. The topological polar surface area (TPSA) is 68.3 Å². The van der Waals surface area contributed by atoms with Gasteiger partial charge >= 0.3 is 0 Å². The Kier molecular flexibility index (Phi) is 6.91. The summed E-state index contributed by atoms with van der Waals surface area (Å²) in [4.78, 5) is 34.7. The minimum Gasteiger partial charge on any atom is -0.490 e. The van der Waals surface area contributed by atoms with Gasteiger partial charge in [-0.15, -0.1) is 0 Å². The van der Waals surface area contributed by atoms with Crippen LogP contribution in [-0.2, 0) is 14.4 Å². The van der Waals surface area contributed by atoms with Crippen molar-refractivity contribution < 1.29 is 23.9 Å². The van der Waals surface area contributed by atoms with Gasteiger partial charge in [0.2, 0.25) is 5.91 Å². The van der Waals surface area contributed by atoms with Gasteiger partial charge in [0.05, 0.1) is 30.6 Å². The number of carbonyl (C=O) groups is 2. The third-order valence-corrected chi connectivity index (χ3v) is 6.51. The second-order valence-electron chi connectivity index (χ2n) is 8.85. The Labute approximate surface area is 211 Å². The van der Waals surface area contributed by atoms with Gasteiger partial charge in [-0.2, -0.15) is 0 Å². The third-order valence-electron chi connectivity index (χ3n) is 6.51. The van der Waals surface area contributed by atoms with Gasteiger partial charge in [-0.05, 0) is 55.3 Å². The van der Waals surface area contributed by atoms with Crippen molar-refractivity contribution in [1.29, 1.82) is 0 Å². The summed E-state index contributed by atoms with van der Waals surface area (Å²) in [5, 5.41) is 1.69. The van der Waals surface area contributed by atoms with Crippen molar-refractivity contribution in [3.8, 4) is 11.5 Å². The largest absolute Gasteiger partial charge is 0.490 e. The van der Waals surface area contributed by atoms with Gasteiger partial charge < -0.3 is 9.47 Å². The van der Waals surface area contributed by atoms with E-state index in [1.807, 2.05) is 73.7 Å². The number of ether oxygens (including phenoxy) is 2. The number of hydrogen-bond donors (Lipinski definition) is 0. The van der Waals surface area contributed by atoms with E-state index in [-0.39, 0.29) is 11.8 Å². The smallest absolute Gasteiger partial charge is 0.266 e. The van der Waals surface area contributed by atoms with Gasteiger partial charge in [0.15, 0.2) is 17.6 Å². The van der Waals surface area contributed by atoms with Crippen LogP contribution in [-0.4, -0.2) is 31.1 Å². The summed E-state index contributed by atoms with van der Waals surface area (Å²) in [6.45, 7) is 5.11. The molecule has 2 aliphatic heterocycles. The first-order valence-electron chi connectivity index (χ1n) is 12.5. The maximum Gasteiger partial charge on any atom is 0.266 e. The monoisotopic (exact) mass is 486 g/mol. The van der Waals surface area contributed by atoms with E-state index in [2.05, 4.69) is 6.92 Å². The zero-order valence-corrected chi connectivity index (χ0v) is 20.5. The fourth-order valence-electron chi connectivity index (χ4n) is 4.81. The summed E-state index contributed by atoms with van der Waals surface area (Å²) in [6, 6.07) is 23.7. The molecule has 0 unspecified atom stereocenters. The molecule has 3 atom stereocenters. The summed E-state index contributed by atoms with van der Waals surface area (Å²) in [5.74, 6) is -0.0703. The SMILES string of the molecule is CCCCOc1ccc([C@@H]2[C@H]3C(=O)N(c4ccccc4)C(=O)[C@H]3ON2c2ccccc2)cc1OCC. The van der Waals surface area contributed by atoms with Gasteiger partial charge in [0, 0.05) is 0 Å². The molecule has 0 spiro atoms. The number of rotatable bonds is 9. The fraction of sp³-hybridized carbons (Fsp3) is 0.310. The first kappa shape index (κ1) is 23.9. The molecule has 7 nitrogen and oxygen atoms in total. The Morgan fingerprint density at radius 1 is 0.806 bits per heavy atom. The van der Waals surface area contributed by atoms with Crippen molar-refractivity contribution in [2.75, 3.05) is 23.2 Å². The number of nitrogens with zero attached hydrogens (tertiary/aromatic N) is 2. The molecule has 0 aliphatic carbocycles. The quantitative estimate of drug-likeness (QED) is 0.301. The minimum atomic E-state index is -0.918. The number of unbranched alkanes of at least 4 members (excludes halogenated alkanes) is 1.